The molecule has 0 aromatic carbocycles. The van der Waals surface area contributed by atoms with Crippen molar-refractivity contribution in [2.45, 2.75) is 61.2 Å². The van der Waals surface area contributed by atoms with E-state index in [0.29, 0.717) is 0 Å². The van der Waals surface area contributed by atoms with Crippen LogP contribution in [0.2, 0.25) is 0 Å². The number of alkyl halides is 1. The second kappa shape index (κ2) is 7.39. The average molecular weight is 360 g/mol. The van der Waals surface area contributed by atoms with Crippen LogP contribution in [0.4, 0.5) is 4.39 Å². The van der Waals surface area contributed by atoms with E-state index in [4.69, 9.17) is 19.7 Å². The van der Waals surface area contributed by atoms with E-state index in [-0.39, 0.29) is 0 Å². The van der Waals surface area contributed by atoms with Crippen LogP contribution >= 0.6 is 0 Å². The molecule has 0 saturated carbocycles. The Balaban J connectivity index is 2.20. The van der Waals surface area contributed by atoms with Crippen LogP contribution in [0.1, 0.15) is 0 Å². The van der Waals surface area contributed by atoms with E-state index < -0.39 is 74.4 Å². The number of aliphatic hydroxyl groups is 8. The highest BCUT2D eigenvalue weighted by Crippen LogP contribution is 2.35. The molecule has 0 aromatic heterocycles. The molecule has 0 spiro atoms. The van der Waals surface area contributed by atoms with E-state index in [1.165, 1.54) is 0 Å². The molecular formula is C12H21FO11. The Hall–Kier alpha value is -0.510. The summed E-state index contributed by atoms with van der Waals surface area (Å²) in [5, 5.41) is 76.1. The van der Waals surface area contributed by atoms with Gasteiger partial charge in [0.05, 0.1) is 6.61 Å². The molecule has 11 nitrogen and oxygen atoms in total. The third-order valence-corrected chi connectivity index (χ3v) is 4.04. The van der Waals surface area contributed by atoms with Crippen LogP contribution in [-0.4, -0.2) is 115 Å². The predicted octanol–water partition coefficient (Wildman–Crippen LogP) is -5.10. The summed E-state index contributed by atoms with van der Waals surface area (Å²) >= 11 is 0. The SMILES string of the molecule is OC[C@H]1O[C@@H](O[C@H]2[C@H](O)[C@@H](O)[C@H](O)O[C@]2(F)CO)[C@H](O)[C@@H](O)[C@@H]1O. The van der Waals surface area contributed by atoms with Gasteiger partial charge >= 0.3 is 0 Å². The summed E-state index contributed by atoms with van der Waals surface area (Å²) < 4.78 is 28.9. The molecule has 2 aliphatic rings. The van der Waals surface area contributed by atoms with Gasteiger partial charge in [-0.05, 0) is 0 Å². The van der Waals surface area contributed by atoms with Crippen molar-refractivity contribution in [3.05, 3.63) is 0 Å². The molecule has 8 N–H and O–H groups in total. The lowest BCUT2D eigenvalue weighted by atomic mass is 9.96. The molecule has 2 rings (SSSR count). The zero-order chi connectivity index (χ0) is 18.2. The van der Waals surface area contributed by atoms with Crippen molar-refractivity contribution in [3.8, 4) is 0 Å². The van der Waals surface area contributed by atoms with Gasteiger partial charge in [0, 0.05) is 0 Å². The molecule has 2 fully saturated rings. The average Bonchev–Trinajstić information content (AvgIpc) is 2.56. The lowest BCUT2D eigenvalue weighted by Gasteiger charge is -2.47. The maximum absolute atomic E-state index is 14.5. The molecule has 0 aromatic rings. The molecule has 2 aliphatic heterocycles. The van der Waals surface area contributed by atoms with Crippen molar-refractivity contribution in [2.75, 3.05) is 13.2 Å². The topological polar surface area (TPSA) is 190 Å². The molecule has 0 unspecified atom stereocenters. The highest BCUT2D eigenvalue weighted by atomic mass is 19.2. The van der Waals surface area contributed by atoms with Crippen molar-refractivity contribution >= 4 is 0 Å². The van der Waals surface area contributed by atoms with Gasteiger partial charge in [-0.2, -0.15) is 0 Å². The monoisotopic (exact) mass is 360 g/mol. The largest absolute Gasteiger partial charge is 0.394 e. The number of ether oxygens (including phenoxy) is 3. The van der Waals surface area contributed by atoms with Crippen LogP contribution in [0, 0.1) is 0 Å². The van der Waals surface area contributed by atoms with Gasteiger partial charge in [-0.1, -0.05) is 0 Å². The number of hydrogen-bond donors (Lipinski definition) is 8. The molecule has 12 heteroatoms. The van der Waals surface area contributed by atoms with E-state index in [2.05, 4.69) is 4.74 Å². The van der Waals surface area contributed by atoms with Gasteiger partial charge in [-0.3, -0.25) is 0 Å². The quantitative estimate of drug-likeness (QED) is 0.239. The third-order valence-electron chi connectivity index (χ3n) is 4.04. The Kier molecular flexibility index (Phi) is 6.10. The van der Waals surface area contributed by atoms with Crippen LogP contribution in [0.5, 0.6) is 0 Å². The zero-order valence-corrected chi connectivity index (χ0v) is 12.3. The lowest BCUT2D eigenvalue weighted by molar-refractivity contribution is -0.403. The minimum Gasteiger partial charge on any atom is -0.394 e. The number of aliphatic hydroxyl groups excluding tert-OH is 8. The normalized spacial score (nSPS) is 53.1. The number of hydrogen-bond acceptors (Lipinski definition) is 11. The number of rotatable bonds is 4. The standard InChI is InChI=1S/C12H21FO11/c13-12(2-15)9(6(18)7(19)10(21)24-12)23-11-8(20)5(17)4(16)3(1-14)22-11/h3-11,14-21H,1-2H2/t3-,4-,5+,6-,7-,8-,9+,10-,11+,12-/m1/s1. The number of halogens is 1. The van der Waals surface area contributed by atoms with Gasteiger partial charge in [0.15, 0.2) is 18.7 Å². The second-order valence-corrected chi connectivity index (χ2v) is 5.69. The maximum atomic E-state index is 14.5. The summed E-state index contributed by atoms with van der Waals surface area (Å²) in [6.07, 6.45) is -16.9. The summed E-state index contributed by atoms with van der Waals surface area (Å²) in [5.41, 5.74) is 0. The highest BCUT2D eigenvalue weighted by molar-refractivity contribution is 4.96. The van der Waals surface area contributed by atoms with E-state index >= 15 is 0 Å². The van der Waals surface area contributed by atoms with Crippen molar-refractivity contribution in [1.29, 1.82) is 0 Å². The van der Waals surface area contributed by atoms with E-state index in [0.717, 1.165) is 0 Å². The van der Waals surface area contributed by atoms with E-state index in [9.17, 15) is 35.0 Å². The molecule has 142 valence electrons. The van der Waals surface area contributed by atoms with E-state index in [1.807, 2.05) is 0 Å². The minimum absolute atomic E-state index is 0.767. The molecule has 24 heavy (non-hydrogen) atoms. The first-order valence-electron chi connectivity index (χ1n) is 7.14. The summed E-state index contributed by atoms with van der Waals surface area (Å²) in [4.78, 5) is 0. The fourth-order valence-corrected chi connectivity index (χ4v) is 2.57. The van der Waals surface area contributed by atoms with Crippen LogP contribution in [0.25, 0.3) is 0 Å². The van der Waals surface area contributed by atoms with Gasteiger partial charge in [0.1, 0.15) is 43.2 Å². The Morgan fingerprint density at radius 1 is 0.875 bits per heavy atom. The van der Waals surface area contributed by atoms with Crippen molar-refractivity contribution in [1.82, 2.24) is 0 Å². The molecule has 2 heterocycles. The van der Waals surface area contributed by atoms with Crippen molar-refractivity contribution in [3.63, 3.8) is 0 Å². The smallest absolute Gasteiger partial charge is 0.263 e. The molecule has 0 aliphatic carbocycles. The van der Waals surface area contributed by atoms with Crippen LogP contribution in [0.3, 0.4) is 0 Å². The Morgan fingerprint density at radius 3 is 2.04 bits per heavy atom. The maximum Gasteiger partial charge on any atom is 0.263 e. The van der Waals surface area contributed by atoms with Gasteiger partial charge in [0.2, 0.25) is 0 Å². The molecule has 0 bridgehead atoms. The zero-order valence-electron chi connectivity index (χ0n) is 12.3. The molecule has 10 atom stereocenters. The predicted molar refractivity (Wildman–Crippen MR) is 68.7 cm³/mol. The molecule has 0 amide bonds. The first-order valence-corrected chi connectivity index (χ1v) is 7.14. The van der Waals surface area contributed by atoms with E-state index in [1.54, 1.807) is 0 Å². The second-order valence-electron chi connectivity index (χ2n) is 5.69. The Morgan fingerprint density at radius 2 is 1.50 bits per heavy atom. The molecular weight excluding hydrogens is 339 g/mol. The molecule has 2 saturated heterocycles. The fraction of sp³-hybridized carbons (Fsp3) is 1.00. The van der Waals surface area contributed by atoms with Crippen LogP contribution in [0.15, 0.2) is 0 Å². The molecule has 0 radical (unpaired) electrons. The summed E-state index contributed by atoms with van der Waals surface area (Å²) in [6.45, 7) is -2.15. The van der Waals surface area contributed by atoms with Crippen LogP contribution in [-0.2, 0) is 14.2 Å². The summed E-state index contributed by atoms with van der Waals surface area (Å²) in [7, 11) is 0. The fourth-order valence-electron chi connectivity index (χ4n) is 2.57. The van der Waals surface area contributed by atoms with Crippen molar-refractivity contribution in [2.24, 2.45) is 0 Å². The Bertz CT molecular complexity index is 426. The summed E-state index contributed by atoms with van der Waals surface area (Å²) in [5.74, 6) is -3.16. The third kappa shape index (κ3) is 3.40. The minimum atomic E-state index is -3.16. The van der Waals surface area contributed by atoms with Gasteiger partial charge in [0.25, 0.3) is 5.85 Å². The Labute approximate surface area is 135 Å². The first-order chi connectivity index (χ1) is 11.2. The van der Waals surface area contributed by atoms with Crippen LogP contribution < -0.4 is 0 Å². The van der Waals surface area contributed by atoms with Crippen molar-refractivity contribution < 1.29 is 59.5 Å². The summed E-state index contributed by atoms with van der Waals surface area (Å²) in [6, 6.07) is 0. The van der Waals surface area contributed by atoms with Gasteiger partial charge in [-0.15, -0.1) is 0 Å². The highest BCUT2D eigenvalue weighted by Gasteiger charge is 2.57. The van der Waals surface area contributed by atoms with Gasteiger partial charge < -0.3 is 55.1 Å². The van der Waals surface area contributed by atoms with Gasteiger partial charge in [-0.25, -0.2) is 4.39 Å². The first kappa shape index (κ1) is 19.8. The lowest BCUT2D eigenvalue weighted by Crippen LogP contribution is -2.67.